The lowest BCUT2D eigenvalue weighted by atomic mass is 9.99. The number of hydrogen-bond acceptors (Lipinski definition) is 4. The molecule has 0 spiro atoms. The number of carboxylic acid groups (broad SMARTS) is 1. The van der Waals surface area contributed by atoms with Gasteiger partial charge in [-0.2, -0.15) is 13.2 Å². The van der Waals surface area contributed by atoms with Crippen LogP contribution >= 0.6 is 0 Å². The first kappa shape index (κ1) is 14.5. The average molecular weight is 289 g/mol. The molecule has 1 N–H and O–H groups in total. The molecule has 0 aromatic carbocycles. The molecule has 0 aliphatic carbocycles. The van der Waals surface area contributed by atoms with Gasteiger partial charge in [-0.3, -0.25) is 4.79 Å². The SMILES string of the molecule is Cc1cc(C(F)(F)F)nc(N2CCC[C@@H](C(=O)O)C2)n1. The highest BCUT2D eigenvalue weighted by Gasteiger charge is 2.34. The number of piperidine rings is 1. The number of nitrogens with zero attached hydrogens (tertiary/aromatic N) is 3. The minimum Gasteiger partial charge on any atom is -0.481 e. The predicted molar refractivity (Wildman–Crippen MR) is 64.3 cm³/mol. The lowest BCUT2D eigenvalue weighted by Gasteiger charge is -2.31. The Morgan fingerprint density at radius 2 is 2.15 bits per heavy atom. The maximum atomic E-state index is 12.7. The Bertz CT molecular complexity index is 519. The van der Waals surface area contributed by atoms with Gasteiger partial charge >= 0.3 is 12.1 Å². The third-order valence-corrected chi connectivity index (χ3v) is 3.19. The summed E-state index contributed by atoms with van der Waals surface area (Å²) < 4.78 is 38.2. The van der Waals surface area contributed by atoms with Crippen molar-refractivity contribution in [2.45, 2.75) is 25.9 Å². The average Bonchev–Trinajstić information content (AvgIpc) is 2.37. The summed E-state index contributed by atoms with van der Waals surface area (Å²) in [6.45, 7) is 2.06. The van der Waals surface area contributed by atoms with E-state index in [1.54, 1.807) is 0 Å². The summed E-state index contributed by atoms with van der Waals surface area (Å²) in [6.07, 6.45) is -3.43. The predicted octanol–water partition coefficient (Wildman–Crippen LogP) is 2.10. The zero-order valence-corrected chi connectivity index (χ0v) is 10.8. The summed E-state index contributed by atoms with van der Waals surface area (Å²) in [4.78, 5) is 20.0. The first-order valence-electron chi connectivity index (χ1n) is 6.18. The normalized spacial score (nSPS) is 20.0. The quantitative estimate of drug-likeness (QED) is 0.903. The molecule has 8 heteroatoms. The number of aryl methyl sites for hydroxylation is 1. The Morgan fingerprint density at radius 3 is 2.75 bits per heavy atom. The van der Waals surface area contributed by atoms with Crippen molar-refractivity contribution < 1.29 is 23.1 Å². The minimum atomic E-state index is -4.54. The molecule has 0 saturated carbocycles. The lowest BCUT2D eigenvalue weighted by molar-refractivity contribution is -0.142. The number of rotatable bonds is 2. The highest BCUT2D eigenvalue weighted by atomic mass is 19.4. The van der Waals surface area contributed by atoms with Crippen LogP contribution in [-0.2, 0) is 11.0 Å². The van der Waals surface area contributed by atoms with Crippen LogP contribution in [0.4, 0.5) is 19.1 Å². The van der Waals surface area contributed by atoms with Gasteiger partial charge in [0.1, 0.15) is 5.69 Å². The Morgan fingerprint density at radius 1 is 1.45 bits per heavy atom. The van der Waals surface area contributed by atoms with E-state index in [0.717, 1.165) is 6.07 Å². The van der Waals surface area contributed by atoms with E-state index >= 15 is 0 Å². The topological polar surface area (TPSA) is 66.3 Å². The largest absolute Gasteiger partial charge is 0.481 e. The molecule has 2 heterocycles. The van der Waals surface area contributed by atoms with Crippen LogP contribution in [0, 0.1) is 12.8 Å². The van der Waals surface area contributed by atoms with Crippen molar-refractivity contribution in [3.8, 4) is 0 Å². The number of alkyl halides is 3. The molecule has 0 bridgehead atoms. The molecule has 5 nitrogen and oxygen atoms in total. The second-order valence-electron chi connectivity index (χ2n) is 4.82. The zero-order chi connectivity index (χ0) is 14.9. The summed E-state index contributed by atoms with van der Waals surface area (Å²) in [5.74, 6) is -1.59. The van der Waals surface area contributed by atoms with Crippen molar-refractivity contribution >= 4 is 11.9 Å². The van der Waals surface area contributed by atoms with Gasteiger partial charge < -0.3 is 10.0 Å². The standard InChI is InChI=1S/C12H14F3N3O2/c1-7-5-9(12(13,14)15)17-11(16-7)18-4-2-3-8(6-18)10(19)20/h5,8H,2-4,6H2,1H3,(H,19,20)/t8-/m1/s1. The second kappa shape index (κ2) is 5.26. The van der Waals surface area contributed by atoms with Crippen LogP contribution < -0.4 is 4.90 Å². The minimum absolute atomic E-state index is 0.0525. The first-order valence-corrected chi connectivity index (χ1v) is 6.18. The summed E-state index contributed by atoms with van der Waals surface area (Å²) in [5.41, 5.74) is -0.794. The van der Waals surface area contributed by atoms with Crippen LogP contribution in [0.2, 0.25) is 0 Å². The van der Waals surface area contributed by atoms with Gasteiger partial charge in [0.05, 0.1) is 5.92 Å². The van der Waals surface area contributed by atoms with Crippen LogP contribution in [0.5, 0.6) is 0 Å². The van der Waals surface area contributed by atoms with Gasteiger partial charge in [0.15, 0.2) is 0 Å². The molecule has 1 aliphatic heterocycles. The van der Waals surface area contributed by atoms with E-state index in [9.17, 15) is 18.0 Å². The van der Waals surface area contributed by atoms with Gasteiger partial charge in [-0.25, -0.2) is 9.97 Å². The van der Waals surface area contributed by atoms with Crippen molar-refractivity contribution in [1.29, 1.82) is 0 Å². The lowest BCUT2D eigenvalue weighted by Crippen LogP contribution is -2.40. The molecule has 1 atom stereocenters. The Kier molecular flexibility index (Phi) is 3.82. The molecule has 20 heavy (non-hydrogen) atoms. The molecule has 0 radical (unpaired) electrons. The van der Waals surface area contributed by atoms with Crippen molar-refractivity contribution in [3.63, 3.8) is 0 Å². The van der Waals surface area contributed by atoms with Crippen molar-refractivity contribution in [2.75, 3.05) is 18.0 Å². The summed E-state index contributed by atoms with van der Waals surface area (Å²) >= 11 is 0. The molecule has 1 aromatic rings. The summed E-state index contributed by atoms with van der Waals surface area (Å²) in [5, 5.41) is 8.99. The molecule has 1 aliphatic rings. The fourth-order valence-corrected chi connectivity index (χ4v) is 2.20. The molecule has 110 valence electrons. The molecule has 1 fully saturated rings. The molecule has 1 saturated heterocycles. The highest BCUT2D eigenvalue weighted by molar-refractivity contribution is 5.71. The monoisotopic (exact) mass is 289 g/mol. The van der Waals surface area contributed by atoms with Crippen molar-refractivity contribution in [2.24, 2.45) is 5.92 Å². The molecule has 1 aromatic heterocycles. The Labute approximate surface area is 113 Å². The van der Waals surface area contributed by atoms with Crippen LogP contribution in [0.3, 0.4) is 0 Å². The Hall–Kier alpha value is -1.86. The molecular formula is C12H14F3N3O2. The number of carboxylic acids is 1. The maximum Gasteiger partial charge on any atom is 0.433 e. The number of hydrogen-bond donors (Lipinski definition) is 1. The molecule has 2 rings (SSSR count). The molecule has 0 unspecified atom stereocenters. The van der Waals surface area contributed by atoms with Gasteiger partial charge in [-0.15, -0.1) is 0 Å². The number of carbonyl (C=O) groups is 1. The van der Waals surface area contributed by atoms with Crippen molar-refractivity contribution in [1.82, 2.24) is 9.97 Å². The van der Waals surface area contributed by atoms with Gasteiger partial charge in [-0.1, -0.05) is 0 Å². The van der Waals surface area contributed by atoms with Crippen LogP contribution in [0.25, 0.3) is 0 Å². The van der Waals surface area contributed by atoms with Crippen LogP contribution in [0.1, 0.15) is 24.2 Å². The number of halogens is 3. The number of aliphatic carboxylic acids is 1. The van der Waals surface area contributed by atoms with Gasteiger partial charge in [0.2, 0.25) is 5.95 Å². The van der Waals surface area contributed by atoms with E-state index in [4.69, 9.17) is 5.11 Å². The van der Waals surface area contributed by atoms with E-state index in [0.29, 0.717) is 19.4 Å². The first-order chi connectivity index (χ1) is 9.27. The van der Waals surface area contributed by atoms with Gasteiger partial charge in [-0.05, 0) is 25.8 Å². The van der Waals surface area contributed by atoms with E-state index in [1.807, 2.05) is 0 Å². The third kappa shape index (κ3) is 3.17. The number of aromatic nitrogens is 2. The van der Waals surface area contributed by atoms with E-state index in [2.05, 4.69) is 9.97 Å². The Balaban J connectivity index is 2.28. The summed E-state index contributed by atoms with van der Waals surface area (Å²) in [6, 6.07) is 0.877. The van der Waals surface area contributed by atoms with Gasteiger partial charge in [0, 0.05) is 18.8 Å². The van der Waals surface area contributed by atoms with E-state index in [-0.39, 0.29) is 18.2 Å². The third-order valence-electron chi connectivity index (χ3n) is 3.19. The number of anilines is 1. The highest BCUT2D eigenvalue weighted by Crippen LogP contribution is 2.30. The van der Waals surface area contributed by atoms with Crippen molar-refractivity contribution in [3.05, 3.63) is 17.5 Å². The molecular weight excluding hydrogens is 275 g/mol. The molecule has 0 amide bonds. The maximum absolute atomic E-state index is 12.7. The second-order valence-corrected chi connectivity index (χ2v) is 4.82. The van der Waals surface area contributed by atoms with Crippen LogP contribution in [-0.4, -0.2) is 34.1 Å². The van der Waals surface area contributed by atoms with Crippen LogP contribution in [0.15, 0.2) is 6.07 Å². The smallest absolute Gasteiger partial charge is 0.433 e. The fraction of sp³-hybridized carbons (Fsp3) is 0.583. The van der Waals surface area contributed by atoms with Gasteiger partial charge in [0.25, 0.3) is 0 Å². The summed E-state index contributed by atoms with van der Waals surface area (Å²) in [7, 11) is 0. The zero-order valence-electron chi connectivity index (χ0n) is 10.8. The fourth-order valence-electron chi connectivity index (χ4n) is 2.20. The van der Waals surface area contributed by atoms with E-state index in [1.165, 1.54) is 11.8 Å². The van der Waals surface area contributed by atoms with E-state index < -0.39 is 23.8 Å².